The maximum absolute atomic E-state index is 13.4. The van der Waals surface area contributed by atoms with Gasteiger partial charge >= 0.3 is 6.18 Å². The molecule has 4 aromatic rings. The molecule has 1 aliphatic carbocycles. The van der Waals surface area contributed by atoms with Gasteiger partial charge in [-0.1, -0.05) is 24.3 Å². The maximum atomic E-state index is 13.4. The average molecular weight is 453 g/mol. The third-order valence-electron chi connectivity index (χ3n) is 5.73. The van der Waals surface area contributed by atoms with E-state index >= 15 is 0 Å². The molecule has 9 heteroatoms. The van der Waals surface area contributed by atoms with Gasteiger partial charge in [0.2, 0.25) is 5.82 Å². The second kappa shape index (κ2) is 8.06. The lowest BCUT2D eigenvalue weighted by molar-refractivity contribution is -0.145. The average Bonchev–Trinajstić information content (AvgIpc) is 3.64. The highest BCUT2D eigenvalue weighted by molar-refractivity contribution is 5.96. The second-order valence-corrected chi connectivity index (χ2v) is 8.18. The fraction of sp³-hybridized carbons (Fsp3) is 0.250. The molecule has 1 fully saturated rings. The Labute approximate surface area is 186 Å². The van der Waals surface area contributed by atoms with Crippen molar-refractivity contribution >= 4 is 16.6 Å². The van der Waals surface area contributed by atoms with E-state index in [0.717, 1.165) is 52.8 Å². The van der Waals surface area contributed by atoms with Gasteiger partial charge in [0.15, 0.2) is 5.82 Å². The molecule has 1 aliphatic rings. The molecule has 0 unspecified atom stereocenters. The Morgan fingerprint density at radius 2 is 1.58 bits per heavy atom. The summed E-state index contributed by atoms with van der Waals surface area (Å²) in [7, 11) is 0. The molecule has 1 atom stereocenters. The monoisotopic (exact) mass is 453 g/mol. The van der Waals surface area contributed by atoms with Crippen molar-refractivity contribution in [3.63, 3.8) is 0 Å². The van der Waals surface area contributed by atoms with Crippen LogP contribution in [0.1, 0.15) is 48.8 Å². The van der Waals surface area contributed by atoms with Crippen molar-refractivity contribution in [2.45, 2.75) is 37.9 Å². The highest BCUT2D eigenvalue weighted by atomic mass is 19.4. The topological polar surface area (TPSA) is 63.6 Å². The van der Waals surface area contributed by atoms with Crippen LogP contribution in [0.2, 0.25) is 0 Å². The maximum Gasteiger partial charge on any atom is 0.451 e. The normalized spacial score (nSPS) is 14.9. The molecule has 1 N–H and O–H groups in total. The smallest absolute Gasteiger partial charge is 0.361 e. The first-order valence-electron chi connectivity index (χ1n) is 10.5. The number of nitrogens with one attached hydrogen (secondary N) is 1. The molecule has 33 heavy (non-hydrogen) atoms. The molecule has 168 valence electrons. The van der Waals surface area contributed by atoms with Crippen LogP contribution in [-0.4, -0.2) is 20.2 Å². The van der Waals surface area contributed by atoms with E-state index in [2.05, 4.69) is 25.5 Å². The molecule has 0 amide bonds. The predicted octanol–water partition coefficient (Wildman–Crippen LogP) is 6.30. The van der Waals surface area contributed by atoms with Crippen LogP contribution in [-0.2, 0) is 6.18 Å². The van der Waals surface area contributed by atoms with E-state index in [0.29, 0.717) is 17.3 Å². The van der Waals surface area contributed by atoms with Gasteiger partial charge in [-0.2, -0.15) is 18.3 Å². The van der Waals surface area contributed by atoms with E-state index in [-0.39, 0.29) is 5.82 Å². The molecular formula is C24H19F4N5. The van der Waals surface area contributed by atoms with Crippen LogP contribution >= 0.6 is 0 Å². The Bertz CT molecular complexity index is 1300. The minimum atomic E-state index is -4.59. The Morgan fingerprint density at radius 1 is 0.909 bits per heavy atom. The van der Waals surface area contributed by atoms with Crippen molar-refractivity contribution < 1.29 is 17.6 Å². The number of anilines is 1. The van der Waals surface area contributed by atoms with Gasteiger partial charge in [-0.25, -0.2) is 14.4 Å². The minimum absolute atomic E-state index is 0.309. The molecule has 0 spiro atoms. The van der Waals surface area contributed by atoms with E-state index in [4.69, 9.17) is 0 Å². The first kappa shape index (κ1) is 21.2. The summed E-state index contributed by atoms with van der Waals surface area (Å²) < 4.78 is 51.7. The number of alkyl halides is 3. The molecule has 2 heterocycles. The highest BCUT2D eigenvalue weighted by Gasteiger charge is 2.34. The molecule has 0 aliphatic heterocycles. The zero-order valence-electron chi connectivity index (χ0n) is 17.6. The quantitative estimate of drug-likeness (QED) is 0.360. The number of benzene rings is 2. The first-order valence-corrected chi connectivity index (χ1v) is 10.5. The highest BCUT2D eigenvalue weighted by Crippen LogP contribution is 2.43. The van der Waals surface area contributed by atoms with E-state index in [1.54, 1.807) is 19.1 Å². The van der Waals surface area contributed by atoms with Crippen LogP contribution in [0.4, 0.5) is 23.4 Å². The van der Waals surface area contributed by atoms with Gasteiger partial charge in [-0.3, -0.25) is 0 Å². The van der Waals surface area contributed by atoms with Crippen LogP contribution in [0.5, 0.6) is 0 Å². The minimum Gasteiger partial charge on any atom is -0.361 e. The summed E-state index contributed by atoms with van der Waals surface area (Å²) in [5.41, 5.74) is 3.18. The Morgan fingerprint density at radius 3 is 2.21 bits per heavy atom. The summed E-state index contributed by atoms with van der Waals surface area (Å²) in [4.78, 5) is 6.88. The van der Waals surface area contributed by atoms with Gasteiger partial charge in [0, 0.05) is 34.6 Å². The molecule has 2 aromatic carbocycles. The van der Waals surface area contributed by atoms with E-state index in [1.807, 2.05) is 18.2 Å². The summed E-state index contributed by atoms with van der Waals surface area (Å²) in [5, 5.41) is 13.9. The van der Waals surface area contributed by atoms with E-state index < -0.39 is 18.0 Å². The summed E-state index contributed by atoms with van der Waals surface area (Å²) in [6.45, 7) is 1.79. The lowest BCUT2D eigenvalue weighted by atomic mass is 10.00. The SMILES string of the molecule is C[C@@H](Nc1nnc(C2CC2)c2ccc(-c3ccc(F)cc3)cc12)c1cnc(C(F)(F)F)nc1. The number of aromatic nitrogens is 4. The van der Waals surface area contributed by atoms with Crippen LogP contribution in [0.3, 0.4) is 0 Å². The van der Waals surface area contributed by atoms with E-state index in [1.165, 1.54) is 12.1 Å². The number of halogens is 4. The van der Waals surface area contributed by atoms with Crippen LogP contribution in [0, 0.1) is 5.82 Å². The molecule has 1 saturated carbocycles. The van der Waals surface area contributed by atoms with Gasteiger partial charge in [0.1, 0.15) is 5.82 Å². The Kier molecular flexibility index (Phi) is 5.19. The largest absolute Gasteiger partial charge is 0.451 e. The van der Waals surface area contributed by atoms with Crippen molar-refractivity contribution in [1.82, 2.24) is 20.2 Å². The molecule has 0 bridgehead atoms. The van der Waals surface area contributed by atoms with Gasteiger partial charge in [0.05, 0.1) is 11.7 Å². The fourth-order valence-corrected chi connectivity index (χ4v) is 3.76. The number of nitrogens with zero attached hydrogens (tertiary/aromatic N) is 4. The molecule has 5 rings (SSSR count). The molecule has 0 radical (unpaired) electrons. The van der Waals surface area contributed by atoms with Crippen molar-refractivity contribution in [2.24, 2.45) is 0 Å². The summed E-state index contributed by atoms with van der Waals surface area (Å²) in [6.07, 6.45) is -0.144. The second-order valence-electron chi connectivity index (χ2n) is 8.18. The van der Waals surface area contributed by atoms with Crippen molar-refractivity contribution in [3.8, 4) is 11.1 Å². The number of rotatable bonds is 5. The van der Waals surface area contributed by atoms with Crippen LogP contribution < -0.4 is 5.32 Å². The van der Waals surface area contributed by atoms with Crippen LogP contribution in [0.25, 0.3) is 21.9 Å². The Balaban J connectivity index is 1.52. The summed E-state index contributed by atoms with van der Waals surface area (Å²) >= 11 is 0. The third kappa shape index (κ3) is 4.35. The van der Waals surface area contributed by atoms with Gasteiger partial charge in [-0.15, -0.1) is 5.10 Å². The molecule has 0 saturated heterocycles. The number of fused-ring (bicyclic) bond motifs is 1. The van der Waals surface area contributed by atoms with E-state index in [9.17, 15) is 17.6 Å². The fourth-order valence-electron chi connectivity index (χ4n) is 3.76. The lowest BCUT2D eigenvalue weighted by Gasteiger charge is -2.17. The standard InChI is InChI=1S/C24H19F4N5/c1-13(17-11-29-23(30-12-17)24(26,27)28)31-22-20-10-16(14-4-7-18(25)8-5-14)6-9-19(20)21(32-33-22)15-2-3-15/h4-13,15H,2-3H2,1H3,(H,31,33)/t13-/m1/s1. The number of hydrogen-bond acceptors (Lipinski definition) is 5. The summed E-state index contributed by atoms with van der Waals surface area (Å²) in [6, 6.07) is 11.8. The number of hydrogen-bond donors (Lipinski definition) is 1. The first-order chi connectivity index (χ1) is 15.8. The molecular weight excluding hydrogens is 434 g/mol. The predicted molar refractivity (Wildman–Crippen MR) is 116 cm³/mol. The zero-order valence-corrected chi connectivity index (χ0v) is 17.6. The van der Waals surface area contributed by atoms with Gasteiger partial charge in [0.25, 0.3) is 0 Å². The van der Waals surface area contributed by atoms with Crippen molar-refractivity contribution in [3.05, 3.63) is 77.8 Å². The zero-order chi connectivity index (χ0) is 23.2. The summed E-state index contributed by atoms with van der Waals surface area (Å²) in [5.74, 6) is -0.602. The molecule has 2 aromatic heterocycles. The molecule has 5 nitrogen and oxygen atoms in total. The van der Waals surface area contributed by atoms with Crippen LogP contribution in [0.15, 0.2) is 54.9 Å². The third-order valence-corrected chi connectivity index (χ3v) is 5.73. The van der Waals surface area contributed by atoms with Crippen molar-refractivity contribution in [1.29, 1.82) is 0 Å². The van der Waals surface area contributed by atoms with Gasteiger partial charge in [-0.05, 0) is 49.1 Å². The lowest BCUT2D eigenvalue weighted by Crippen LogP contribution is -2.14. The van der Waals surface area contributed by atoms with Gasteiger partial charge < -0.3 is 5.32 Å². The van der Waals surface area contributed by atoms with Crippen molar-refractivity contribution in [2.75, 3.05) is 5.32 Å². The Hall–Kier alpha value is -3.62.